The van der Waals surface area contributed by atoms with Crippen LogP contribution in [0, 0.1) is 0 Å². The van der Waals surface area contributed by atoms with E-state index in [0.29, 0.717) is 6.67 Å². The molecule has 4 nitrogen and oxygen atoms in total. The lowest BCUT2D eigenvalue weighted by Crippen LogP contribution is -2.22. The molecule has 0 saturated heterocycles. The molecule has 0 radical (unpaired) electrons. The molecule has 0 N–H and O–H groups in total. The van der Waals surface area contributed by atoms with E-state index < -0.39 is 0 Å². The Morgan fingerprint density at radius 2 is 2.25 bits per heavy atom. The second-order valence-electron chi connectivity index (χ2n) is 3.47. The zero-order valence-electron chi connectivity index (χ0n) is 9.22. The molecule has 0 fully saturated rings. The molecule has 0 amide bonds. The van der Waals surface area contributed by atoms with Crippen molar-refractivity contribution in [3.05, 3.63) is 23.8 Å². The first kappa shape index (κ1) is 11.7. The van der Waals surface area contributed by atoms with E-state index in [9.17, 15) is 0 Å². The van der Waals surface area contributed by atoms with Crippen LogP contribution in [0.1, 0.15) is 5.56 Å². The molecule has 1 aliphatic rings. The summed E-state index contributed by atoms with van der Waals surface area (Å²) in [6, 6.07) is 6.26. The fraction of sp³-hybridized carbons (Fsp3) is 0.400. The number of thioether (sulfide) groups is 1. The van der Waals surface area contributed by atoms with Crippen LogP contribution in [0.2, 0.25) is 0 Å². The predicted molar refractivity (Wildman–Crippen MR) is 70.8 cm³/mol. The third-order valence-corrected chi connectivity index (χ3v) is 3.76. The SMILES string of the molecule is CSc1cccc(N2CN(C)N=N2)c1CBr. The summed E-state index contributed by atoms with van der Waals surface area (Å²) >= 11 is 5.29. The number of hydrogen-bond donors (Lipinski definition) is 0. The Hall–Kier alpha value is -0.750. The van der Waals surface area contributed by atoms with Crippen LogP contribution >= 0.6 is 27.7 Å². The molecular weight excluding hydrogens is 288 g/mol. The van der Waals surface area contributed by atoms with Gasteiger partial charge >= 0.3 is 0 Å². The maximum Gasteiger partial charge on any atom is 0.132 e. The Morgan fingerprint density at radius 1 is 1.44 bits per heavy atom. The van der Waals surface area contributed by atoms with Crippen LogP contribution in [-0.4, -0.2) is 25.0 Å². The summed E-state index contributed by atoms with van der Waals surface area (Å²) in [5.74, 6) is 0. The Bertz CT molecular complexity index is 410. The van der Waals surface area contributed by atoms with Gasteiger partial charge in [-0.15, -0.1) is 11.8 Å². The summed E-state index contributed by atoms with van der Waals surface area (Å²) in [5, 5.41) is 12.7. The van der Waals surface area contributed by atoms with Crippen LogP contribution < -0.4 is 5.01 Å². The highest BCUT2D eigenvalue weighted by Gasteiger charge is 2.18. The van der Waals surface area contributed by atoms with Crippen LogP contribution in [0.15, 0.2) is 33.5 Å². The quantitative estimate of drug-likeness (QED) is 0.634. The highest BCUT2D eigenvalue weighted by Crippen LogP contribution is 2.32. The number of anilines is 1. The van der Waals surface area contributed by atoms with Crippen molar-refractivity contribution in [3.8, 4) is 0 Å². The fourth-order valence-electron chi connectivity index (χ4n) is 1.61. The van der Waals surface area contributed by atoms with Crippen molar-refractivity contribution >= 4 is 33.4 Å². The molecule has 6 heteroatoms. The van der Waals surface area contributed by atoms with Crippen molar-refractivity contribution in [2.75, 3.05) is 25.0 Å². The highest BCUT2D eigenvalue weighted by atomic mass is 79.9. The highest BCUT2D eigenvalue weighted by molar-refractivity contribution is 9.08. The van der Waals surface area contributed by atoms with Gasteiger partial charge in [0.2, 0.25) is 0 Å². The number of benzene rings is 1. The van der Waals surface area contributed by atoms with Crippen molar-refractivity contribution in [3.63, 3.8) is 0 Å². The zero-order chi connectivity index (χ0) is 11.5. The molecule has 0 atom stereocenters. The monoisotopic (exact) mass is 300 g/mol. The molecule has 0 unspecified atom stereocenters. The van der Waals surface area contributed by atoms with E-state index in [1.807, 2.05) is 17.1 Å². The third kappa shape index (κ3) is 2.17. The van der Waals surface area contributed by atoms with Gasteiger partial charge in [0.05, 0.1) is 5.69 Å². The largest absolute Gasteiger partial charge is 0.258 e. The van der Waals surface area contributed by atoms with E-state index in [1.165, 1.54) is 10.5 Å². The number of halogens is 1. The first-order valence-corrected chi connectivity index (χ1v) is 7.23. The number of nitrogens with zero attached hydrogens (tertiary/aromatic N) is 4. The standard InChI is InChI=1S/C10H13BrN4S/c1-14-7-15(13-12-14)9-4-3-5-10(16-2)8(9)6-11/h3-5H,6-7H2,1-2H3. The smallest absolute Gasteiger partial charge is 0.132 e. The van der Waals surface area contributed by atoms with Crippen LogP contribution in [-0.2, 0) is 5.33 Å². The van der Waals surface area contributed by atoms with E-state index in [-0.39, 0.29) is 0 Å². The van der Waals surface area contributed by atoms with Crippen molar-refractivity contribution in [2.24, 2.45) is 10.4 Å². The van der Waals surface area contributed by atoms with E-state index in [0.717, 1.165) is 11.0 Å². The molecule has 0 bridgehead atoms. The molecule has 1 aliphatic heterocycles. The Balaban J connectivity index is 2.37. The Labute approximate surface area is 108 Å². The van der Waals surface area contributed by atoms with Gasteiger partial charge in [-0.1, -0.05) is 27.2 Å². The summed E-state index contributed by atoms with van der Waals surface area (Å²) in [6.07, 6.45) is 2.09. The maximum absolute atomic E-state index is 4.13. The predicted octanol–water partition coefficient (Wildman–Crippen LogP) is 3.29. The lowest BCUT2D eigenvalue weighted by Gasteiger charge is -2.18. The van der Waals surface area contributed by atoms with Crippen molar-refractivity contribution < 1.29 is 0 Å². The summed E-state index contributed by atoms with van der Waals surface area (Å²) in [7, 11) is 1.91. The van der Waals surface area contributed by atoms with Gasteiger partial charge < -0.3 is 0 Å². The van der Waals surface area contributed by atoms with Crippen molar-refractivity contribution in [1.82, 2.24) is 5.01 Å². The number of rotatable bonds is 3. The van der Waals surface area contributed by atoms with E-state index in [1.54, 1.807) is 11.8 Å². The van der Waals surface area contributed by atoms with Gasteiger partial charge in [0.1, 0.15) is 6.67 Å². The molecule has 0 aliphatic carbocycles. The first-order valence-electron chi connectivity index (χ1n) is 4.88. The molecule has 1 aromatic carbocycles. The third-order valence-electron chi connectivity index (χ3n) is 2.38. The van der Waals surface area contributed by atoms with E-state index >= 15 is 0 Å². The molecule has 86 valence electrons. The van der Waals surface area contributed by atoms with E-state index in [2.05, 4.69) is 50.8 Å². The fourth-order valence-corrected chi connectivity index (χ4v) is 3.03. The molecule has 0 spiro atoms. The minimum Gasteiger partial charge on any atom is -0.258 e. The molecule has 0 aromatic heterocycles. The summed E-state index contributed by atoms with van der Waals surface area (Å²) in [5.41, 5.74) is 2.39. The zero-order valence-corrected chi connectivity index (χ0v) is 11.6. The molecule has 16 heavy (non-hydrogen) atoms. The summed E-state index contributed by atoms with van der Waals surface area (Å²) < 4.78 is 0. The van der Waals surface area contributed by atoms with Crippen LogP contribution in [0.25, 0.3) is 0 Å². The van der Waals surface area contributed by atoms with Gasteiger partial charge in [-0.3, -0.25) is 5.01 Å². The van der Waals surface area contributed by atoms with Gasteiger partial charge in [0.15, 0.2) is 0 Å². The average molecular weight is 301 g/mol. The lowest BCUT2D eigenvalue weighted by atomic mass is 10.2. The normalized spacial score (nSPS) is 14.9. The summed E-state index contributed by atoms with van der Waals surface area (Å²) in [4.78, 5) is 1.28. The lowest BCUT2D eigenvalue weighted by molar-refractivity contribution is 0.390. The van der Waals surface area contributed by atoms with Crippen molar-refractivity contribution in [2.45, 2.75) is 10.2 Å². The molecule has 2 rings (SSSR count). The Morgan fingerprint density at radius 3 is 2.81 bits per heavy atom. The van der Waals surface area contributed by atoms with Gasteiger partial charge in [-0.2, -0.15) is 0 Å². The second kappa shape index (κ2) is 5.05. The van der Waals surface area contributed by atoms with Gasteiger partial charge in [-0.05, 0) is 23.6 Å². The van der Waals surface area contributed by atoms with Gasteiger partial charge in [-0.25, -0.2) is 5.01 Å². The van der Waals surface area contributed by atoms with E-state index in [4.69, 9.17) is 0 Å². The maximum atomic E-state index is 4.13. The number of hydrogen-bond acceptors (Lipinski definition) is 5. The number of alkyl halides is 1. The van der Waals surface area contributed by atoms with Gasteiger partial charge in [0.25, 0.3) is 0 Å². The van der Waals surface area contributed by atoms with Gasteiger partial charge in [0, 0.05) is 22.8 Å². The van der Waals surface area contributed by atoms with Crippen LogP contribution in [0.3, 0.4) is 0 Å². The second-order valence-corrected chi connectivity index (χ2v) is 4.88. The van der Waals surface area contributed by atoms with Crippen LogP contribution in [0.4, 0.5) is 5.69 Å². The average Bonchev–Trinajstić information content (AvgIpc) is 2.74. The minimum absolute atomic E-state index is 0.706. The summed E-state index contributed by atoms with van der Waals surface area (Å²) in [6.45, 7) is 0.706. The molecule has 1 heterocycles. The minimum atomic E-state index is 0.706. The van der Waals surface area contributed by atoms with Crippen molar-refractivity contribution in [1.29, 1.82) is 0 Å². The molecule has 1 aromatic rings. The Kier molecular flexibility index (Phi) is 3.70. The first-order chi connectivity index (χ1) is 7.76. The van der Waals surface area contributed by atoms with Crippen LogP contribution in [0.5, 0.6) is 0 Å². The topological polar surface area (TPSA) is 31.2 Å². The molecule has 0 saturated carbocycles. The molecular formula is C10H13BrN4S.